The number of hydrogen-bond acceptors (Lipinski definition) is 4. The Morgan fingerprint density at radius 1 is 1.28 bits per heavy atom. The van der Waals surface area contributed by atoms with Gasteiger partial charge in [0.15, 0.2) is 0 Å². The molecule has 1 aromatic carbocycles. The molecule has 0 bridgehead atoms. The predicted molar refractivity (Wildman–Crippen MR) is 103 cm³/mol. The van der Waals surface area contributed by atoms with Crippen LogP contribution in [0.25, 0.3) is 0 Å². The van der Waals surface area contributed by atoms with Gasteiger partial charge in [0.2, 0.25) is 0 Å². The molecule has 2 heterocycles. The summed E-state index contributed by atoms with van der Waals surface area (Å²) in [5.74, 6) is -0.0892. The quantitative estimate of drug-likeness (QED) is 0.774. The number of thioether (sulfide) groups is 1. The highest BCUT2D eigenvalue weighted by atomic mass is 35.5. The maximum absolute atomic E-state index is 12.6. The van der Waals surface area contributed by atoms with Crippen LogP contribution in [0.4, 0.5) is 0 Å². The van der Waals surface area contributed by atoms with Crippen LogP contribution >= 0.6 is 23.4 Å². The van der Waals surface area contributed by atoms with Gasteiger partial charge in [-0.1, -0.05) is 29.8 Å². The average molecular weight is 376 g/mol. The number of amides is 1. The van der Waals surface area contributed by atoms with E-state index in [1.165, 1.54) is 24.6 Å². The lowest BCUT2D eigenvalue weighted by Gasteiger charge is -2.29. The van der Waals surface area contributed by atoms with Crippen molar-refractivity contribution in [3.05, 3.63) is 58.7 Å². The molecule has 1 amide bonds. The van der Waals surface area contributed by atoms with Crippen LogP contribution in [0, 0.1) is 0 Å². The third-order valence-corrected chi connectivity index (χ3v) is 5.57. The molecule has 0 unspecified atom stereocenters. The topological polar surface area (TPSA) is 45.2 Å². The fourth-order valence-electron chi connectivity index (χ4n) is 3.25. The standard InChI is InChI=1S/C19H22ClN3OS/c1-25-19-15(8-6-10-21-19)18(24)22-13-17(23-11-4-5-12-23)14-7-2-3-9-16(14)20/h2-3,6-10,17H,4-5,11-13H2,1H3,(H,22,24)/t17-/m1/s1. The van der Waals surface area contributed by atoms with E-state index in [-0.39, 0.29) is 11.9 Å². The van der Waals surface area contributed by atoms with Gasteiger partial charge in [-0.05, 0) is 55.9 Å². The molecule has 2 aromatic rings. The summed E-state index contributed by atoms with van der Waals surface area (Å²) in [5.41, 5.74) is 1.69. The summed E-state index contributed by atoms with van der Waals surface area (Å²) in [6.07, 6.45) is 6.01. The van der Waals surface area contributed by atoms with Crippen LogP contribution in [0.5, 0.6) is 0 Å². The normalized spacial score (nSPS) is 15.9. The van der Waals surface area contributed by atoms with E-state index in [4.69, 9.17) is 11.6 Å². The minimum Gasteiger partial charge on any atom is -0.350 e. The Balaban J connectivity index is 1.77. The van der Waals surface area contributed by atoms with Gasteiger partial charge < -0.3 is 5.32 Å². The molecule has 1 aliphatic rings. The highest BCUT2D eigenvalue weighted by Gasteiger charge is 2.26. The molecular weight excluding hydrogens is 354 g/mol. The van der Waals surface area contributed by atoms with Crippen LogP contribution in [0.1, 0.15) is 34.8 Å². The summed E-state index contributed by atoms with van der Waals surface area (Å²) in [4.78, 5) is 19.3. The van der Waals surface area contributed by atoms with Crippen molar-refractivity contribution in [1.82, 2.24) is 15.2 Å². The molecule has 0 spiro atoms. The Hall–Kier alpha value is -1.56. The van der Waals surface area contributed by atoms with E-state index in [2.05, 4.69) is 21.3 Å². The summed E-state index contributed by atoms with van der Waals surface area (Å²) in [6.45, 7) is 2.61. The van der Waals surface area contributed by atoms with Gasteiger partial charge in [0, 0.05) is 17.8 Å². The Bertz CT molecular complexity index is 734. The third-order valence-electron chi connectivity index (χ3n) is 4.51. The Morgan fingerprint density at radius 3 is 2.76 bits per heavy atom. The third kappa shape index (κ3) is 4.35. The number of nitrogens with one attached hydrogen (secondary N) is 1. The lowest BCUT2D eigenvalue weighted by atomic mass is 10.1. The van der Waals surface area contributed by atoms with Gasteiger partial charge in [-0.25, -0.2) is 4.98 Å². The maximum Gasteiger partial charge on any atom is 0.254 e. The van der Waals surface area contributed by atoms with Gasteiger partial charge in [0.25, 0.3) is 5.91 Å². The molecule has 3 rings (SSSR count). The zero-order valence-electron chi connectivity index (χ0n) is 14.2. The van der Waals surface area contributed by atoms with Crippen molar-refractivity contribution in [2.75, 3.05) is 25.9 Å². The maximum atomic E-state index is 12.6. The second kappa shape index (κ2) is 8.70. The predicted octanol–water partition coefficient (Wildman–Crippen LogP) is 4.02. The molecule has 1 fully saturated rings. The number of aromatic nitrogens is 1. The number of carbonyl (C=O) groups excluding carboxylic acids is 1. The highest BCUT2D eigenvalue weighted by Crippen LogP contribution is 2.30. The highest BCUT2D eigenvalue weighted by molar-refractivity contribution is 7.98. The number of rotatable bonds is 6. The van der Waals surface area contributed by atoms with Crippen LogP contribution in [-0.4, -0.2) is 41.7 Å². The van der Waals surface area contributed by atoms with E-state index in [0.29, 0.717) is 12.1 Å². The molecule has 1 aliphatic heterocycles. The molecular formula is C19H22ClN3OS. The summed E-state index contributed by atoms with van der Waals surface area (Å²) in [6, 6.07) is 11.6. The average Bonchev–Trinajstić information content (AvgIpc) is 3.17. The van der Waals surface area contributed by atoms with E-state index < -0.39 is 0 Å². The molecule has 132 valence electrons. The summed E-state index contributed by atoms with van der Waals surface area (Å²) in [5, 5.41) is 4.58. The van der Waals surface area contributed by atoms with Gasteiger partial charge >= 0.3 is 0 Å². The lowest BCUT2D eigenvalue weighted by Crippen LogP contribution is -2.37. The van der Waals surface area contributed by atoms with Crippen molar-refractivity contribution in [2.24, 2.45) is 0 Å². The molecule has 25 heavy (non-hydrogen) atoms. The zero-order chi connectivity index (χ0) is 17.6. The van der Waals surface area contributed by atoms with E-state index >= 15 is 0 Å². The first-order chi connectivity index (χ1) is 12.2. The summed E-state index contributed by atoms with van der Waals surface area (Å²) in [7, 11) is 0. The van der Waals surface area contributed by atoms with Crippen molar-refractivity contribution < 1.29 is 4.79 Å². The SMILES string of the molecule is CSc1ncccc1C(=O)NC[C@H](c1ccccc1Cl)N1CCCC1. The lowest BCUT2D eigenvalue weighted by molar-refractivity contribution is 0.0934. The number of carbonyl (C=O) groups is 1. The second-order valence-electron chi connectivity index (χ2n) is 6.05. The number of nitrogens with zero attached hydrogens (tertiary/aromatic N) is 2. The molecule has 0 saturated carbocycles. The number of likely N-dealkylation sites (tertiary alicyclic amines) is 1. The number of benzene rings is 1. The van der Waals surface area contributed by atoms with Crippen LogP contribution in [0.3, 0.4) is 0 Å². The Morgan fingerprint density at radius 2 is 2.04 bits per heavy atom. The molecule has 1 aromatic heterocycles. The number of pyridine rings is 1. The zero-order valence-corrected chi connectivity index (χ0v) is 15.8. The molecule has 6 heteroatoms. The Kier molecular flexibility index (Phi) is 6.34. The first kappa shape index (κ1) is 18.2. The van der Waals surface area contributed by atoms with Gasteiger partial charge in [-0.3, -0.25) is 9.69 Å². The van der Waals surface area contributed by atoms with Crippen LogP contribution < -0.4 is 5.32 Å². The number of halogens is 1. The van der Waals surface area contributed by atoms with Crippen molar-refractivity contribution >= 4 is 29.3 Å². The second-order valence-corrected chi connectivity index (χ2v) is 7.25. The summed E-state index contributed by atoms with van der Waals surface area (Å²) < 4.78 is 0. The molecule has 0 radical (unpaired) electrons. The van der Waals surface area contributed by atoms with E-state index in [9.17, 15) is 4.79 Å². The van der Waals surface area contributed by atoms with Crippen LogP contribution in [0.15, 0.2) is 47.6 Å². The minimum absolute atomic E-state index is 0.0892. The summed E-state index contributed by atoms with van der Waals surface area (Å²) >= 11 is 7.90. The van der Waals surface area contributed by atoms with E-state index in [1.807, 2.05) is 30.5 Å². The van der Waals surface area contributed by atoms with E-state index in [0.717, 1.165) is 28.7 Å². The van der Waals surface area contributed by atoms with Gasteiger partial charge in [-0.2, -0.15) is 0 Å². The number of hydrogen-bond donors (Lipinski definition) is 1. The van der Waals surface area contributed by atoms with Crippen molar-refractivity contribution in [3.63, 3.8) is 0 Å². The van der Waals surface area contributed by atoms with Gasteiger partial charge in [0.1, 0.15) is 5.03 Å². The molecule has 0 aliphatic carbocycles. The van der Waals surface area contributed by atoms with Crippen molar-refractivity contribution in [3.8, 4) is 0 Å². The van der Waals surface area contributed by atoms with E-state index in [1.54, 1.807) is 12.3 Å². The first-order valence-electron chi connectivity index (χ1n) is 8.46. The smallest absolute Gasteiger partial charge is 0.254 e. The molecule has 4 nitrogen and oxygen atoms in total. The largest absolute Gasteiger partial charge is 0.350 e. The molecule has 1 atom stereocenters. The first-order valence-corrected chi connectivity index (χ1v) is 10.1. The van der Waals surface area contributed by atoms with Crippen LogP contribution in [-0.2, 0) is 0 Å². The fourth-order valence-corrected chi connectivity index (χ4v) is 4.05. The van der Waals surface area contributed by atoms with Gasteiger partial charge in [0.05, 0.1) is 11.6 Å². The fraction of sp³-hybridized carbons (Fsp3) is 0.368. The van der Waals surface area contributed by atoms with Crippen molar-refractivity contribution in [2.45, 2.75) is 23.9 Å². The van der Waals surface area contributed by atoms with Gasteiger partial charge in [-0.15, -0.1) is 11.8 Å². The monoisotopic (exact) mass is 375 g/mol. The molecule has 1 saturated heterocycles. The van der Waals surface area contributed by atoms with Crippen LogP contribution in [0.2, 0.25) is 5.02 Å². The Labute approximate surface area is 158 Å². The molecule has 1 N–H and O–H groups in total. The minimum atomic E-state index is -0.0892. The van der Waals surface area contributed by atoms with Crippen molar-refractivity contribution in [1.29, 1.82) is 0 Å².